The number of anilines is 2. The van der Waals surface area contributed by atoms with E-state index in [1.807, 2.05) is 43.9 Å². The molecule has 0 saturated carbocycles. The average molecular weight is 262 g/mol. The fourth-order valence-electron chi connectivity index (χ4n) is 2.23. The van der Waals surface area contributed by atoms with Crippen molar-refractivity contribution in [2.75, 3.05) is 23.8 Å². The summed E-state index contributed by atoms with van der Waals surface area (Å²) in [6.45, 7) is 6.72. The molecule has 0 aliphatic carbocycles. The lowest BCUT2D eigenvalue weighted by Gasteiger charge is -2.30. The molecule has 4 nitrogen and oxygen atoms in total. The molecular weight excluding hydrogens is 240 g/mol. The van der Waals surface area contributed by atoms with Gasteiger partial charge in [-0.25, -0.2) is 0 Å². The molecule has 4 heteroatoms. The van der Waals surface area contributed by atoms with Gasteiger partial charge >= 0.3 is 0 Å². The number of carbonyl (C=O) groups is 1. The molecule has 104 valence electrons. The summed E-state index contributed by atoms with van der Waals surface area (Å²) in [6.07, 6.45) is 1.95. The van der Waals surface area contributed by atoms with Crippen LogP contribution in [0.15, 0.2) is 18.2 Å². The van der Waals surface area contributed by atoms with Crippen LogP contribution in [0.5, 0.6) is 0 Å². The third-order valence-corrected chi connectivity index (χ3v) is 3.15. The van der Waals surface area contributed by atoms with Crippen molar-refractivity contribution in [3.63, 3.8) is 0 Å². The Balaban J connectivity index is 2.13. The molecule has 0 aromatic heterocycles. The first-order valence-electron chi connectivity index (χ1n) is 6.69. The molecule has 0 atom stereocenters. The van der Waals surface area contributed by atoms with Crippen molar-refractivity contribution >= 4 is 17.3 Å². The van der Waals surface area contributed by atoms with Crippen LogP contribution in [0.3, 0.4) is 0 Å². The first-order chi connectivity index (χ1) is 8.87. The van der Waals surface area contributed by atoms with Crippen molar-refractivity contribution < 1.29 is 9.53 Å². The molecule has 0 spiro atoms. The highest BCUT2D eigenvalue weighted by Crippen LogP contribution is 2.29. The van der Waals surface area contributed by atoms with E-state index in [-0.39, 0.29) is 18.1 Å². The number of rotatable bonds is 2. The van der Waals surface area contributed by atoms with Crippen LogP contribution in [0.25, 0.3) is 0 Å². The second-order valence-corrected chi connectivity index (χ2v) is 5.94. The van der Waals surface area contributed by atoms with E-state index in [0.29, 0.717) is 0 Å². The largest absolute Gasteiger partial charge is 0.399 e. The van der Waals surface area contributed by atoms with Gasteiger partial charge in [-0.15, -0.1) is 0 Å². The van der Waals surface area contributed by atoms with Crippen LogP contribution in [0.2, 0.25) is 0 Å². The topological polar surface area (TPSA) is 55.6 Å². The van der Waals surface area contributed by atoms with E-state index in [1.54, 1.807) is 0 Å². The summed E-state index contributed by atoms with van der Waals surface area (Å²) in [5.41, 5.74) is 8.37. The highest BCUT2D eigenvalue weighted by atomic mass is 16.5. The van der Waals surface area contributed by atoms with E-state index in [0.717, 1.165) is 36.3 Å². The highest BCUT2D eigenvalue weighted by molar-refractivity contribution is 5.95. The normalized spacial score (nSPS) is 15.2. The fourth-order valence-corrected chi connectivity index (χ4v) is 2.23. The molecule has 0 bridgehead atoms. The average Bonchev–Trinajstić information content (AvgIpc) is 2.34. The number of aryl methyl sites for hydroxylation is 1. The zero-order chi connectivity index (χ0) is 14.0. The molecule has 0 saturated heterocycles. The van der Waals surface area contributed by atoms with Crippen LogP contribution in [0.1, 0.15) is 32.8 Å². The van der Waals surface area contributed by atoms with Crippen molar-refractivity contribution in [1.29, 1.82) is 0 Å². The smallest absolute Gasteiger partial charge is 0.253 e. The minimum atomic E-state index is -0.296. The lowest BCUT2D eigenvalue weighted by atomic mass is 10.0. The number of hydrogen-bond donors (Lipinski definition) is 1. The summed E-state index contributed by atoms with van der Waals surface area (Å²) in [5.74, 6) is 0.0145. The molecule has 0 unspecified atom stereocenters. The van der Waals surface area contributed by atoms with Crippen LogP contribution < -0.4 is 10.6 Å². The Kier molecular flexibility index (Phi) is 3.80. The summed E-state index contributed by atoms with van der Waals surface area (Å²) >= 11 is 0. The molecule has 1 aliphatic rings. The van der Waals surface area contributed by atoms with Crippen molar-refractivity contribution in [3.8, 4) is 0 Å². The molecule has 0 radical (unpaired) electrons. The number of nitrogen functional groups attached to an aromatic ring is 1. The van der Waals surface area contributed by atoms with Crippen molar-refractivity contribution in [2.24, 2.45) is 0 Å². The van der Waals surface area contributed by atoms with Crippen LogP contribution in [-0.2, 0) is 16.0 Å². The maximum absolute atomic E-state index is 12.3. The van der Waals surface area contributed by atoms with E-state index < -0.39 is 0 Å². The second-order valence-electron chi connectivity index (χ2n) is 5.94. The van der Waals surface area contributed by atoms with Gasteiger partial charge < -0.3 is 15.4 Å². The van der Waals surface area contributed by atoms with Crippen LogP contribution in [0.4, 0.5) is 11.4 Å². The second kappa shape index (κ2) is 5.21. The molecule has 1 aliphatic heterocycles. The number of hydrogen-bond acceptors (Lipinski definition) is 3. The summed E-state index contributed by atoms with van der Waals surface area (Å²) < 4.78 is 5.57. The molecule has 1 aromatic carbocycles. The third-order valence-electron chi connectivity index (χ3n) is 3.15. The van der Waals surface area contributed by atoms with Crippen LogP contribution in [-0.4, -0.2) is 24.7 Å². The number of fused-ring (bicyclic) bond motifs is 1. The van der Waals surface area contributed by atoms with Crippen LogP contribution >= 0.6 is 0 Å². The standard InChI is InChI=1S/C15H22N2O2/c1-15(2,3)19-10-14(18)17-8-4-5-11-9-12(16)6-7-13(11)17/h6-7,9H,4-5,8,10,16H2,1-3H3. The third kappa shape index (κ3) is 3.47. The van der Waals surface area contributed by atoms with Gasteiger partial charge in [0.1, 0.15) is 6.61 Å². The van der Waals surface area contributed by atoms with Gasteiger partial charge in [0.2, 0.25) is 0 Å². The SMILES string of the molecule is CC(C)(C)OCC(=O)N1CCCc2cc(N)ccc21. The van der Waals surface area contributed by atoms with Gasteiger partial charge in [0, 0.05) is 17.9 Å². The lowest BCUT2D eigenvalue weighted by Crippen LogP contribution is -2.39. The predicted molar refractivity (Wildman–Crippen MR) is 77.2 cm³/mol. The molecule has 1 amide bonds. The monoisotopic (exact) mass is 262 g/mol. The first-order valence-corrected chi connectivity index (χ1v) is 6.69. The minimum Gasteiger partial charge on any atom is -0.399 e. The van der Waals surface area contributed by atoms with Gasteiger partial charge in [-0.2, -0.15) is 0 Å². The Morgan fingerprint density at radius 3 is 2.84 bits per heavy atom. The Morgan fingerprint density at radius 2 is 2.16 bits per heavy atom. The summed E-state index contributed by atoms with van der Waals surface area (Å²) in [7, 11) is 0. The van der Waals surface area contributed by atoms with Gasteiger partial charge in [-0.3, -0.25) is 4.79 Å². The van der Waals surface area contributed by atoms with Gasteiger partial charge in [0.05, 0.1) is 5.60 Å². The van der Waals surface area contributed by atoms with E-state index in [9.17, 15) is 4.79 Å². The number of benzene rings is 1. The van der Waals surface area contributed by atoms with E-state index in [2.05, 4.69) is 0 Å². The molecule has 2 rings (SSSR count). The maximum atomic E-state index is 12.3. The summed E-state index contributed by atoms with van der Waals surface area (Å²) in [4.78, 5) is 14.1. The number of nitrogens with two attached hydrogens (primary N) is 1. The molecule has 2 N–H and O–H groups in total. The Bertz CT molecular complexity index is 478. The number of carbonyl (C=O) groups excluding carboxylic acids is 1. The van der Waals surface area contributed by atoms with Gasteiger partial charge in [-0.05, 0) is 57.4 Å². The van der Waals surface area contributed by atoms with Crippen molar-refractivity contribution in [3.05, 3.63) is 23.8 Å². The van der Waals surface area contributed by atoms with E-state index in [1.165, 1.54) is 0 Å². The zero-order valence-electron chi connectivity index (χ0n) is 11.9. The predicted octanol–water partition coefficient (Wildman–Crippen LogP) is 2.36. The molecule has 1 heterocycles. The lowest BCUT2D eigenvalue weighted by molar-refractivity contribution is -0.128. The van der Waals surface area contributed by atoms with Crippen LogP contribution in [0, 0.1) is 0 Å². The number of nitrogens with zero attached hydrogens (tertiary/aromatic N) is 1. The Morgan fingerprint density at radius 1 is 1.42 bits per heavy atom. The summed E-state index contributed by atoms with van der Waals surface area (Å²) in [6, 6.07) is 5.73. The molecular formula is C15H22N2O2. The number of ether oxygens (including phenoxy) is 1. The quantitative estimate of drug-likeness (QED) is 0.832. The van der Waals surface area contributed by atoms with Gasteiger partial charge in [0.25, 0.3) is 5.91 Å². The molecule has 0 fully saturated rings. The van der Waals surface area contributed by atoms with E-state index in [4.69, 9.17) is 10.5 Å². The molecule has 1 aromatic rings. The Labute approximate surface area is 114 Å². The highest BCUT2D eigenvalue weighted by Gasteiger charge is 2.24. The van der Waals surface area contributed by atoms with E-state index >= 15 is 0 Å². The maximum Gasteiger partial charge on any atom is 0.253 e. The number of amides is 1. The Hall–Kier alpha value is -1.55. The molecule has 19 heavy (non-hydrogen) atoms. The minimum absolute atomic E-state index is 0.0145. The fraction of sp³-hybridized carbons (Fsp3) is 0.533. The summed E-state index contributed by atoms with van der Waals surface area (Å²) in [5, 5.41) is 0. The van der Waals surface area contributed by atoms with Crippen molar-refractivity contribution in [2.45, 2.75) is 39.2 Å². The zero-order valence-corrected chi connectivity index (χ0v) is 11.9. The van der Waals surface area contributed by atoms with Crippen molar-refractivity contribution in [1.82, 2.24) is 0 Å². The van der Waals surface area contributed by atoms with Gasteiger partial charge in [-0.1, -0.05) is 0 Å². The van der Waals surface area contributed by atoms with Gasteiger partial charge in [0.15, 0.2) is 0 Å². The first kappa shape index (κ1) is 13.9.